The highest BCUT2D eigenvalue weighted by molar-refractivity contribution is 6.03. The molecule has 0 spiro atoms. The molecule has 0 bridgehead atoms. The molecular weight excluding hydrogens is 224 g/mol. The first-order valence-corrected chi connectivity index (χ1v) is 5.26. The van der Waals surface area contributed by atoms with Gasteiger partial charge in [0, 0.05) is 6.42 Å². The van der Waals surface area contributed by atoms with Crippen molar-refractivity contribution in [3.05, 3.63) is 23.7 Å². The summed E-state index contributed by atoms with van der Waals surface area (Å²) < 4.78 is 5.00. The number of furan rings is 1. The van der Waals surface area contributed by atoms with Crippen LogP contribution in [0.25, 0.3) is 0 Å². The standard InChI is InChI=1S/C11H12N2O4/c1-6-7(4-5-17-6)10(15)12-8-2-3-9(14)13-11(8)16/h4-5,8H,2-3H2,1H3,(H,12,15)(H,13,14,16). The molecule has 17 heavy (non-hydrogen) atoms. The second-order valence-corrected chi connectivity index (χ2v) is 3.87. The summed E-state index contributed by atoms with van der Waals surface area (Å²) in [7, 11) is 0. The van der Waals surface area contributed by atoms with Crippen LogP contribution < -0.4 is 10.6 Å². The number of hydrogen-bond acceptors (Lipinski definition) is 4. The summed E-state index contributed by atoms with van der Waals surface area (Å²) >= 11 is 0. The third kappa shape index (κ3) is 2.35. The molecule has 2 heterocycles. The Labute approximate surface area is 97.4 Å². The van der Waals surface area contributed by atoms with Gasteiger partial charge in [-0.25, -0.2) is 0 Å². The fraction of sp³-hybridized carbons (Fsp3) is 0.364. The van der Waals surface area contributed by atoms with Crippen LogP contribution in [0.3, 0.4) is 0 Å². The van der Waals surface area contributed by atoms with Gasteiger partial charge in [-0.05, 0) is 19.4 Å². The zero-order valence-corrected chi connectivity index (χ0v) is 9.28. The first kappa shape index (κ1) is 11.4. The van der Waals surface area contributed by atoms with Gasteiger partial charge in [-0.2, -0.15) is 0 Å². The number of piperidine rings is 1. The molecule has 1 saturated heterocycles. The van der Waals surface area contributed by atoms with Crippen molar-refractivity contribution in [2.75, 3.05) is 0 Å². The lowest BCUT2D eigenvalue weighted by Crippen LogP contribution is -2.52. The van der Waals surface area contributed by atoms with Gasteiger partial charge in [0.05, 0.1) is 11.8 Å². The van der Waals surface area contributed by atoms with E-state index in [4.69, 9.17) is 4.42 Å². The van der Waals surface area contributed by atoms with Crippen LogP contribution in [0.4, 0.5) is 0 Å². The monoisotopic (exact) mass is 236 g/mol. The zero-order chi connectivity index (χ0) is 12.4. The average Bonchev–Trinajstić information content (AvgIpc) is 2.68. The minimum Gasteiger partial charge on any atom is -0.469 e. The molecule has 90 valence electrons. The molecule has 6 heteroatoms. The molecule has 6 nitrogen and oxygen atoms in total. The van der Waals surface area contributed by atoms with Gasteiger partial charge in [-0.1, -0.05) is 0 Å². The van der Waals surface area contributed by atoms with E-state index in [0.717, 1.165) is 0 Å². The van der Waals surface area contributed by atoms with Gasteiger partial charge in [0.2, 0.25) is 11.8 Å². The van der Waals surface area contributed by atoms with E-state index in [-0.39, 0.29) is 18.2 Å². The minimum absolute atomic E-state index is 0.237. The maximum absolute atomic E-state index is 11.8. The highest BCUT2D eigenvalue weighted by atomic mass is 16.3. The van der Waals surface area contributed by atoms with Gasteiger partial charge in [0.25, 0.3) is 5.91 Å². The lowest BCUT2D eigenvalue weighted by atomic mass is 10.1. The van der Waals surface area contributed by atoms with Gasteiger partial charge < -0.3 is 9.73 Å². The van der Waals surface area contributed by atoms with Crippen LogP contribution in [0.15, 0.2) is 16.7 Å². The van der Waals surface area contributed by atoms with Gasteiger partial charge in [-0.15, -0.1) is 0 Å². The van der Waals surface area contributed by atoms with E-state index < -0.39 is 11.9 Å². The Balaban J connectivity index is 2.02. The molecule has 0 saturated carbocycles. The second kappa shape index (κ2) is 4.40. The molecular formula is C11H12N2O4. The molecule has 1 fully saturated rings. The molecule has 1 aliphatic heterocycles. The Morgan fingerprint density at radius 1 is 1.53 bits per heavy atom. The third-order valence-corrected chi connectivity index (χ3v) is 2.65. The third-order valence-electron chi connectivity index (χ3n) is 2.65. The average molecular weight is 236 g/mol. The minimum atomic E-state index is -0.658. The van der Waals surface area contributed by atoms with Crippen molar-refractivity contribution in [2.45, 2.75) is 25.8 Å². The van der Waals surface area contributed by atoms with Crippen molar-refractivity contribution < 1.29 is 18.8 Å². The normalized spacial score (nSPS) is 19.9. The molecule has 0 aliphatic carbocycles. The predicted molar refractivity (Wildman–Crippen MR) is 57.1 cm³/mol. The Bertz CT molecular complexity index is 478. The molecule has 2 rings (SSSR count). The maximum atomic E-state index is 11.8. The van der Waals surface area contributed by atoms with Crippen LogP contribution in [-0.4, -0.2) is 23.8 Å². The summed E-state index contributed by atoms with van der Waals surface area (Å²) in [5, 5.41) is 4.75. The molecule has 0 radical (unpaired) electrons. The summed E-state index contributed by atoms with van der Waals surface area (Å²) in [6, 6.07) is 0.880. The van der Waals surface area contributed by atoms with E-state index in [1.165, 1.54) is 12.3 Å². The van der Waals surface area contributed by atoms with Crippen molar-refractivity contribution in [3.63, 3.8) is 0 Å². The number of rotatable bonds is 2. The van der Waals surface area contributed by atoms with E-state index >= 15 is 0 Å². The van der Waals surface area contributed by atoms with Gasteiger partial charge >= 0.3 is 0 Å². The zero-order valence-electron chi connectivity index (χ0n) is 9.28. The maximum Gasteiger partial charge on any atom is 0.255 e. The summed E-state index contributed by atoms with van der Waals surface area (Å²) in [6.45, 7) is 1.67. The molecule has 2 N–H and O–H groups in total. The fourth-order valence-electron chi connectivity index (χ4n) is 1.69. The van der Waals surface area contributed by atoms with Crippen LogP contribution in [0, 0.1) is 6.92 Å². The van der Waals surface area contributed by atoms with E-state index in [1.54, 1.807) is 6.92 Å². The fourth-order valence-corrected chi connectivity index (χ4v) is 1.69. The lowest BCUT2D eigenvalue weighted by molar-refractivity contribution is -0.134. The number of aryl methyl sites for hydroxylation is 1. The highest BCUT2D eigenvalue weighted by Gasteiger charge is 2.28. The Morgan fingerprint density at radius 3 is 2.88 bits per heavy atom. The van der Waals surface area contributed by atoms with E-state index in [0.29, 0.717) is 17.7 Å². The number of nitrogens with one attached hydrogen (secondary N) is 2. The molecule has 1 aliphatic rings. The van der Waals surface area contributed by atoms with E-state index in [9.17, 15) is 14.4 Å². The van der Waals surface area contributed by atoms with Crippen LogP contribution in [0.5, 0.6) is 0 Å². The van der Waals surface area contributed by atoms with Crippen molar-refractivity contribution in [1.29, 1.82) is 0 Å². The van der Waals surface area contributed by atoms with Crippen molar-refractivity contribution in [3.8, 4) is 0 Å². The second-order valence-electron chi connectivity index (χ2n) is 3.87. The number of hydrogen-bond donors (Lipinski definition) is 2. The SMILES string of the molecule is Cc1occc1C(=O)NC1CCC(=O)NC1=O. The van der Waals surface area contributed by atoms with Crippen molar-refractivity contribution in [2.24, 2.45) is 0 Å². The summed E-state index contributed by atoms with van der Waals surface area (Å²) in [6.07, 6.45) is 1.98. The Kier molecular flexibility index (Phi) is 2.95. The molecule has 1 atom stereocenters. The number of imide groups is 1. The molecule has 3 amide bonds. The quantitative estimate of drug-likeness (QED) is 0.714. The topological polar surface area (TPSA) is 88.4 Å². The first-order chi connectivity index (χ1) is 8.08. The number of carbonyl (C=O) groups excluding carboxylic acids is 3. The molecule has 1 unspecified atom stereocenters. The first-order valence-electron chi connectivity index (χ1n) is 5.26. The van der Waals surface area contributed by atoms with Gasteiger partial charge in [0.15, 0.2) is 0 Å². The largest absolute Gasteiger partial charge is 0.469 e. The lowest BCUT2D eigenvalue weighted by Gasteiger charge is -2.21. The van der Waals surface area contributed by atoms with Gasteiger partial charge in [0.1, 0.15) is 11.8 Å². The number of carbonyl (C=O) groups is 3. The van der Waals surface area contributed by atoms with Crippen LogP contribution >= 0.6 is 0 Å². The molecule has 0 aromatic carbocycles. The van der Waals surface area contributed by atoms with Crippen LogP contribution in [-0.2, 0) is 9.59 Å². The van der Waals surface area contributed by atoms with E-state index in [1.807, 2.05) is 0 Å². The number of amides is 3. The van der Waals surface area contributed by atoms with Crippen molar-refractivity contribution >= 4 is 17.7 Å². The predicted octanol–water partition coefficient (Wildman–Crippen LogP) is 0.123. The Hall–Kier alpha value is -2.11. The van der Waals surface area contributed by atoms with Crippen LogP contribution in [0.1, 0.15) is 29.0 Å². The molecule has 1 aromatic heterocycles. The van der Waals surface area contributed by atoms with E-state index in [2.05, 4.69) is 10.6 Å². The summed E-state index contributed by atoms with van der Waals surface area (Å²) in [4.78, 5) is 34.1. The highest BCUT2D eigenvalue weighted by Crippen LogP contribution is 2.10. The molecule has 1 aromatic rings. The van der Waals surface area contributed by atoms with Gasteiger partial charge in [-0.3, -0.25) is 19.7 Å². The Morgan fingerprint density at radius 2 is 2.29 bits per heavy atom. The summed E-state index contributed by atoms with van der Waals surface area (Å²) in [5.74, 6) is -0.642. The van der Waals surface area contributed by atoms with Crippen molar-refractivity contribution in [1.82, 2.24) is 10.6 Å². The smallest absolute Gasteiger partial charge is 0.255 e. The van der Waals surface area contributed by atoms with Crippen LogP contribution in [0.2, 0.25) is 0 Å². The summed E-state index contributed by atoms with van der Waals surface area (Å²) in [5.41, 5.74) is 0.398.